The molecule has 0 aliphatic heterocycles. The summed E-state index contributed by atoms with van der Waals surface area (Å²) in [6, 6.07) is 5.21. The molecule has 1 heterocycles. The van der Waals surface area contributed by atoms with Gasteiger partial charge >= 0.3 is 0 Å². The molecule has 84 valence electrons. The van der Waals surface area contributed by atoms with Crippen LogP contribution in [0, 0.1) is 0 Å². The lowest BCUT2D eigenvalue weighted by Crippen LogP contribution is -1.94. The van der Waals surface area contributed by atoms with Crippen molar-refractivity contribution in [2.24, 2.45) is 0 Å². The van der Waals surface area contributed by atoms with Crippen molar-refractivity contribution in [3.05, 3.63) is 33.9 Å². The molecule has 0 aliphatic rings. The number of halogens is 3. The third kappa shape index (κ3) is 2.05. The molecule has 2 aromatic rings. The lowest BCUT2D eigenvalue weighted by Gasteiger charge is -2.05. The Kier molecular flexibility index (Phi) is 3.13. The van der Waals surface area contributed by atoms with Crippen LogP contribution >= 0.6 is 38.2 Å². The zero-order chi connectivity index (χ0) is 11.9. The van der Waals surface area contributed by atoms with Gasteiger partial charge in [0.05, 0.1) is 10.5 Å². The van der Waals surface area contributed by atoms with E-state index in [9.17, 15) is 8.42 Å². The molecule has 0 atom stereocenters. The minimum atomic E-state index is -3.88. The molecule has 2 rings (SSSR count). The number of rotatable bonds is 1. The predicted octanol–water partition coefficient (Wildman–Crippen LogP) is 3.58. The van der Waals surface area contributed by atoms with Gasteiger partial charge in [0, 0.05) is 26.7 Å². The van der Waals surface area contributed by atoms with E-state index in [2.05, 4.69) is 20.9 Å². The summed E-state index contributed by atoms with van der Waals surface area (Å²) in [7, 11) is 1.36. The fraction of sp³-hybridized carbons (Fsp3) is 0. The first kappa shape index (κ1) is 12.1. The Bertz CT molecular complexity index is 673. The SMILES string of the molecule is O=S(=O)(Cl)c1cnc2c(Br)cccc2c1Cl. The molecular formula is C9H4BrCl2NO2S. The first-order valence-corrected chi connectivity index (χ1v) is 7.56. The normalized spacial score (nSPS) is 11.9. The van der Waals surface area contributed by atoms with Crippen LogP contribution in [0.5, 0.6) is 0 Å². The van der Waals surface area contributed by atoms with E-state index < -0.39 is 9.05 Å². The van der Waals surface area contributed by atoms with E-state index in [4.69, 9.17) is 22.3 Å². The maximum Gasteiger partial charge on any atom is 0.264 e. The van der Waals surface area contributed by atoms with Crippen molar-refractivity contribution in [1.82, 2.24) is 4.98 Å². The number of hydrogen-bond donors (Lipinski definition) is 0. The van der Waals surface area contributed by atoms with Crippen molar-refractivity contribution in [3.63, 3.8) is 0 Å². The summed E-state index contributed by atoms with van der Waals surface area (Å²) < 4.78 is 23.2. The summed E-state index contributed by atoms with van der Waals surface area (Å²) >= 11 is 9.28. The van der Waals surface area contributed by atoms with Crippen LogP contribution in [0.25, 0.3) is 10.9 Å². The second-order valence-electron chi connectivity index (χ2n) is 3.01. The standard InChI is InChI=1S/C9H4BrCl2NO2S/c10-6-3-1-2-5-8(11)7(16(12,14)15)4-13-9(5)6/h1-4H. The second-order valence-corrected chi connectivity index (χ2v) is 6.78. The van der Waals surface area contributed by atoms with Crippen LogP contribution in [0.1, 0.15) is 0 Å². The Balaban J connectivity index is 2.92. The molecule has 0 bridgehead atoms. The summed E-state index contributed by atoms with van der Waals surface area (Å²) in [5.41, 5.74) is 0.594. The second kappa shape index (κ2) is 4.14. The van der Waals surface area contributed by atoms with Crippen LogP contribution in [0.3, 0.4) is 0 Å². The van der Waals surface area contributed by atoms with E-state index in [-0.39, 0.29) is 9.92 Å². The molecule has 7 heteroatoms. The van der Waals surface area contributed by atoms with Crippen molar-refractivity contribution in [3.8, 4) is 0 Å². The third-order valence-electron chi connectivity index (χ3n) is 2.01. The van der Waals surface area contributed by atoms with E-state index in [1.807, 2.05) is 0 Å². The molecule has 0 N–H and O–H groups in total. The molecule has 0 fully saturated rings. The van der Waals surface area contributed by atoms with Crippen LogP contribution in [0.4, 0.5) is 0 Å². The lowest BCUT2D eigenvalue weighted by molar-refractivity contribution is 0.609. The molecule has 1 aromatic carbocycles. The quantitative estimate of drug-likeness (QED) is 0.745. The van der Waals surface area contributed by atoms with Gasteiger partial charge in [-0.25, -0.2) is 8.42 Å². The van der Waals surface area contributed by atoms with Gasteiger partial charge in [-0.15, -0.1) is 0 Å². The van der Waals surface area contributed by atoms with Crippen molar-refractivity contribution in [1.29, 1.82) is 0 Å². The van der Waals surface area contributed by atoms with Crippen molar-refractivity contribution >= 4 is 58.2 Å². The fourth-order valence-corrected chi connectivity index (χ4v) is 3.25. The van der Waals surface area contributed by atoms with Crippen molar-refractivity contribution < 1.29 is 8.42 Å². The molecular weight excluding hydrogens is 337 g/mol. The summed E-state index contributed by atoms with van der Waals surface area (Å²) in [6.45, 7) is 0. The van der Waals surface area contributed by atoms with Crippen molar-refractivity contribution in [2.75, 3.05) is 0 Å². The van der Waals surface area contributed by atoms with Gasteiger partial charge in [0.15, 0.2) is 0 Å². The molecule has 0 unspecified atom stereocenters. The van der Waals surface area contributed by atoms with Crippen molar-refractivity contribution in [2.45, 2.75) is 4.90 Å². The highest BCUT2D eigenvalue weighted by Gasteiger charge is 2.18. The largest absolute Gasteiger partial charge is 0.264 e. The van der Waals surface area contributed by atoms with Gasteiger partial charge in [0.1, 0.15) is 4.90 Å². The highest BCUT2D eigenvalue weighted by atomic mass is 79.9. The molecule has 3 nitrogen and oxygen atoms in total. The number of fused-ring (bicyclic) bond motifs is 1. The zero-order valence-electron chi connectivity index (χ0n) is 7.62. The van der Waals surface area contributed by atoms with Crippen LogP contribution in [0.2, 0.25) is 5.02 Å². The Hall–Kier alpha value is -0.360. The maximum atomic E-state index is 11.2. The summed E-state index contributed by atoms with van der Waals surface area (Å²) in [6.07, 6.45) is 1.15. The van der Waals surface area contributed by atoms with E-state index in [1.54, 1.807) is 18.2 Å². The highest BCUT2D eigenvalue weighted by molar-refractivity contribution is 9.10. The molecule has 16 heavy (non-hydrogen) atoms. The van der Waals surface area contributed by atoms with Gasteiger partial charge in [-0.2, -0.15) is 0 Å². The molecule has 0 amide bonds. The number of aromatic nitrogens is 1. The third-order valence-corrected chi connectivity index (χ3v) is 4.51. The fourth-order valence-electron chi connectivity index (χ4n) is 1.31. The molecule has 0 saturated heterocycles. The number of pyridine rings is 1. The maximum absolute atomic E-state index is 11.2. The van der Waals surface area contributed by atoms with Crippen LogP contribution in [-0.4, -0.2) is 13.4 Å². The smallest absolute Gasteiger partial charge is 0.254 e. The van der Waals surface area contributed by atoms with Gasteiger partial charge in [0.25, 0.3) is 9.05 Å². The zero-order valence-corrected chi connectivity index (χ0v) is 11.5. The summed E-state index contributed by atoms with van der Waals surface area (Å²) in [5, 5.41) is 0.624. The molecule has 0 spiro atoms. The Labute approximate surface area is 110 Å². The topological polar surface area (TPSA) is 47.0 Å². The predicted molar refractivity (Wildman–Crippen MR) is 67.5 cm³/mol. The van der Waals surface area contributed by atoms with E-state index in [1.165, 1.54) is 0 Å². The number of nitrogens with zero attached hydrogens (tertiary/aromatic N) is 1. The van der Waals surface area contributed by atoms with E-state index in [0.717, 1.165) is 10.7 Å². The van der Waals surface area contributed by atoms with Gasteiger partial charge < -0.3 is 0 Å². The Morgan fingerprint density at radius 1 is 1.31 bits per heavy atom. The van der Waals surface area contributed by atoms with Gasteiger partial charge in [-0.05, 0) is 22.0 Å². The highest BCUT2D eigenvalue weighted by Crippen LogP contribution is 2.33. The Morgan fingerprint density at radius 2 is 2.00 bits per heavy atom. The minimum absolute atomic E-state index is 0.0845. The number of para-hydroxylation sites is 1. The van der Waals surface area contributed by atoms with Gasteiger partial charge in [0.2, 0.25) is 0 Å². The molecule has 1 aromatic heterocycles. The van der Waals surface area contributed by atoms with Crippen LogP contribution in [0.15, 0.2) is 33.8 Å². The average Bonchev–Trinajstić information content (AvgIpc) is 2.18. The molecule has 0 aliphatic carbocycles. The van der Waals surface area contributed by atoms with Gasteiger partial charge in [-0.3, -0.25) is 4.98 Å². The first-order valence-electron chi connectivity index (χ1n) is 4.08. The summed E-state index contributed by atoms with van der Waals surface area (Å²) in [4.78, 5) is 3.83. The number of hydrogen-bond acceptors (Lipinski definition) is 3. The average molecular weight is 341 g/mol. The lowest BCUT2D eigenvalue weighted by atomic mass is 10.2. The van der Waals surface area contributed by atoms with Crippen LogP contribution in [-0.2, 0) is 9.05 Å². The number of benzene rings is 1. The molecule has 0 radical (unpaired) electrons. The minimum Gasteiger partial charge on any atom is -0.254 e. The Morgan fingerprint density at radius 3 is 2.62 bits per heavy atom. The monoisotopic (exact) mass is 339 g/mol. The summed E-state index contributed by atoms with van der Waals surface area (Å²) in [5.74, 6) is 0. The first-order chi connectivity index (χ1) is 7.41. The van der Waals surface area contributed by atoms with E-state index in [0.29, 0.717) is 10.9 Å². The van der Waals surface area contributed by atoms with Crippen LogP contribution < -0.4 is 0 Å². The molecule has 0 saturated carbocycles. The van der Waals surface area contributed by atoms with E-state index >= 15 is 0 Å². The van der Waals surface area contributed by atoms with Gasteiger partial charge in [-0.1, -0.05) is 23.7 Å².